The molecule has 8 heteroatoms. The average Bonchev–Trinajstić information content (AvgIpc) is 3.84. The summed E-state index contributed by atoms with van der Waals surface area (Å²) in [5, 5.41) is 16.6. The van der Waals surface area contributed by atoms with Crippen LogP contribution in [0.2, 0.25) is 0 Å². The van der Waals surface area contributed by atoms with Crippen molar-refractivity contribution in [2.24, 2.45) is 7.05 Å². The zero-order valence-electron chi connectivity index (χ0n) is 28.6. The molecule has 2 aromatic carbocycles. The molecule has 1 amide bonds. The van der Waals surface area contributed by atoms with Gasteiger partial charge in [-0.25, -0.2) is 4.79 Å². The Labute approximate surface area is 282 Å². The van der Waals surface area contributed by atoms with E-state index < -0.39 is 11.7 Å². The van der Waals surface area contributed by atoms with Crippen LogP contribution >= 0.6 is 0 Å². The van der Waals surface area contributed by atoms with E-state index in [1.165, 1.54) is 28.3 Å². The molecular formula is C40H47N5O3. The van der Waals surface area contributed by atoms with Crippen LogP contribution in [0.15, 0.2) is 84.9 Å². The topological polar surface area (TPSA) is 107 Å². The maximum absolute atomic E-state index is 12.4. The summed E-state index contributed by atoms with van der Waals surface area (Å²) in [6.45, 7) is 7.98. The summed E-state index contributed by atoms with van der Waals surface area (Å²) in [7, 11) is 2.18. The summed E-state index contributed by atoms with van der Waals surface area (Å²) in [6.07, 6.45) is 3.35. The number of anilines is 1. The Morgan fingerprint density at radius 1 is 0.917 bits per heavy atom. The van der Waals surface area contributed by atoms with Crippen LogP contribution in [0.25, 0.3) is 0 Å². The van der Waals surface area contributed by atoms with E-state index in [9.17, 15) is 9.90 Å². The number of nitrogens with zero attached hydrogens (tertiary/aromatic N) is 1. The molecule has 0 radical (unpaired) electrons. The molecule has 0 saturated carbocycles. The van der Waals surface area contributed by atoms with Crippen molar-refractivity contribution in [2.45, 2.75) is 89.0 Å². The number of nitrogens with one attached hydrogen (secondary N) is 4. The van der Waals surface area contributed by atoms with Gasteiger partial charge < -0.3 is 29.7 Å². The number of aliphatic hydroxyl groups excluding tert-OH is 1. The van der Waals surface area contributed by atoms with E-state index in [1.54, 1.807) is 0 Å². The lowest BCUT2D eigenvalue weighted by Gasteiger charge is -2.30. The number of rotatable bonds is 4. The van der Waals surface area contributed by atoms with Crippen molar-refractivity contribution < 1.29 is 14.6 Å². The Hall–Kier alpha value is -4.53. The third-order valence-corrected chi connectivity index (χ3v) is 10.1. The van der Waals surface area contributed by atoms with Gasteiger partial charge in [0.1, 0.15) is 5.60 Å². The lowest BCUT2D eigenvalue weighted by Crippen LogP contribution is -2.44. The molecule has 1 fully saturated rings. The number of benzene rings is 2. The molecule has 8 bridgehead atoms. The normalized spacial score (nSPS) is 22.4. The summed E-state index contributed by atoms with van der Waals surface area (Å²) in [4.78, 5) is 20.0. The van der Waals surface area contributed by atoms with Crippen LogP contribution < -0.4 is 10.6 Å². The Balaban J connectivity index is 1.26. The molecule has 5 N–H and O–H groups in total. The van der Waals surface area contributed by atoms with Crippen molar-refractivity contribution in [3.8, 4) is 0 Å². The van der Waals surface area contributed by atoms with E-state index in [-0.39, 0.29) is 30.0 Å². The van der Waals surface area contributed by atoms with Gasteiger partial charge in [-0.1, -0.05) is 36.4 Å². The molecular weight excluding hydrogens is 598 g/mol. The molecule has 2 aliphatic rings. The van der Waals surface area contributed by atoms with Gasteiger partial charge in [-0.05, 0) is 106 Å². The summed E-state index contributed by atoms with van der Waals surface area (Å²) in [5.41, 5.74) is 10.5. The Morgan fingerprint density at radius 2 is 1.58 bits per heavy atom. The third kappa shape index (κ3) is 6.60. The monoisotopic (exact) mass is 645 g/mol. The van der Waals surface area contributed by atoms with Crippen LogP contribution in [0.4, 0.5) is 10.5 Å². The Kier molecular flexibility index (Phi) is 8.34. The maximum atomic E-state index is 12.4. The van der Waals surface area contributed by atoms with Gasteiger partial charge in [0.15, 0.2) is 0 Å². The summed E-state index contributed by atoms with van der Waals surface area (Å²) < 4.78 is 7.82. The van der Waals surface area contributed by atoms with E-state index >= 15 is 0 Å². The lowest BCUT2D eigenvalue weighted by molar-refractivity contribution is 0.0636. The van der Waals surface area contributed by atoms with Crippen LogP contribution in [0.1, 0.15) is 103 Å². The number of aromatic nitrogens is 3. The summed E-state index contributed by atoms with van der Waals surface area (Å²) in [6, 6.07) is 30.2. The molecule has 5 heterocycles. The minimum absolute atomic E-state index is 0.0245. The highest BCUT2D eigenvalue weighted by molar-refractivity contribution is 5.84. The molecule has 8 nitrogen and oxygen atoms in total. The molecule has 250 valence electrons. The average molecular weight is 646 g/mol. The summed E-state index contributed by atoms with van der Waals surface area (Å²) in [5.74, 6) is 0.144. The first-order chi connectivity index (χ1) is 23.0. The molecule has 2 aliphatic heterocycles. The fourth-order valence-corrected chi connectivity index (χ4v) is 7.72. The largest absolute Gasteiger partial charge is 0.444 e. The maximum Gasteiger partial charge on any atom is 0.412 e. The van der Waals surface area contributed by atoms with Crippen LogP contribution in [0.3, 0.4) is 0 Å². The van der Waals surface area contributed by atoms with Gasteiger partial charge in [0.2, 0.25) is 0 Å². The molecule has 0 spiro atoms. The van der Waals surface area contributed by atoms with Gasteiger partial charge in [0, 0.05) is 77.2 Å². The second-order valence-electron chi connectivity index (χ2n) is 14.9. The number of amides is 1. The molecule has 0 aliphatic carbocycles. The first-order valence-electron chi connectivity index (χ1n) is 17.0. The number of carbonyl (C=O) groups excluding carboxylic acids is 1. The number of fused-ring (bicyclic) bond motifs is 8. The van der Waals surface area contributed by atoms with Gasteiger partial charge in [0.05, 0.1) is 12.5 Å². The smallest absolute Gasteiger partial charge is 0.412 e. The van der Waals surface area contributed by atoms with Crippen LogP contribution in [-0.2, 0) is 31.2 Å². The van der Waals surface area contributed by atoms with Gasteiger partial charge in [-0.3, -0.25) is 5.32 Å². The minimum atomic E-state index is -0.564. The SMILES string of the molecule is Cn1c2ccc1C(c1ccc(NC(=O)OC(C)(C)C)cc1)c1ccc([nH]1)Cc1ccc([nH]1)C(c1ccc(CO)cc1)C1CCC(C)(C2)N1. The van der Waals surface area contributed by atoms with E-state index in [4.69, 9.17) is 4.74 Å². The van der Waals surface area contributed by atoms with Gasteiger partial charge >= 0.3 is 6.09 Å². The number of hydrogen-bond donors (Lipinski definition) is 5. The second-order valence-corrected chi connectivity index (χ2v) is 14.9. The number of aromatic amines is 2. The molecule has 3 aromatic heterocycles. The predicted molar refractivity (Wildman–Crippen MR) is 190 cm³/mol. The number of aliphatic hydroxyl groups is 1. The first kappa shape index (κ1) is 32.0. The zero-order valence-corrected chi connectivity index (χ0v) is 28.6. The van der Waals surface area contributed by atoms with Crippen molar-refractivity contribution in [1.29, 1.82) is 0 Å². The predicted octanol–water partition coefficient (Wildman–Crippen LogP) is 7.49. The zero-order chi connectivity index (χ0) is 33.6. The van der Waals surface area contributed by atoms with Crippen molar-refractivity contribution >= 4 is 11.8 Å². The Bertz CT molecular complexity index is 1890. The molecule has 4 atom stereocenters. The highest BCUT2D eigenvalue weighted by Crippen LogP contribution is 2.39. The van der Waals surface area contributed by atoms with E-state index in [0.717, 1.165) is 48.2 Å². The number of H-pyrrole nitrogens is 2. The quantitative estimate of drug-likeness (QED) is 0.140. The van der Waals surface area contributed by atoms with Crippen LogP contribution in [0, 0.1) is 0 Å². The minimum Gasteiger partial charge on any atom is -0.444 e. The highest BCUT2D eigenvalue weighted by Gasteiger charge is 2.40. The first-order valence-corrected chi connectivity index (χ1v) is 17.0. The van der Waals surface area contributed by atoms with E-state index in [2.05, 4.69) is 99.8 Å². The van der Waals surface area contributed by atoms with E-state index in [0.29, 0.717) is 5.69 Å². The van der Waals surface area contributed by atoms with Crippen molar-refractivity contribution in [3.05, 3.63) is 136 Å². The molecule has 1 saturated heterocycles. The number of ether oxygens (including phenoxy) is 1. The van der Waals surface area contributed by atoms with Crippen molar-refractivity contribution in [1.82, 2.24) is 19.9 Å². The van der Waals surface area contributed by atoms with Crippen molar-refractivity contribution in [2.75, 3.05) is 5.32 Å². The number of carbonyl (C=O) groups is 1. The van der Waals surface area contributed by atoms with Crippen LogP contribution in [0.5, 0.6) is 0 Å². The second kappa shape index (κ2) is 12.5. The Morgan fingerprint density at radius 3 is 2.27 bits per heavy atom. The molecule has 4 unspecified atom stereocenters. The third-order valence-electron chi connectivity index (χ3n) is 10.1. The van der Waals surface area contributed by atoms with Gasteiger partial charge in [-0.15, -0.1) is 0 Å². The lowest BCUT2D eigenvalue weighted by atomic mass is 9.87. The summed E-state index contributed by atoms with van der Waals surface area (Å²) >= 11 is 0. The number of hydrogen-bond acceptors (Lipinski definition) is 4. The van der Waals surface area contributed by atoms with Gasteiger partial charge in [-0.2, -0.15) is 0 Å². The van der Waals surface area contributed by atoms with Gasteiger partial charge in [0.25, 0.3) is 0 Å². The van der Waals surface area contributed by atoms with E-state index in [1.807, 2.05) is 45.0 Å². The standard InChI is InChI=1S/C40H47N5O3/c1-39(2,3)48-38(47)43-28-12-10-27(11-13-28)37-33-18-15-30(42-33)22-29-14-17-32(41-29)36(26-8-6-25(24-46)7-9-26)34-20-21-40(4,44-34)23-31-16-19-35(37)45(31)5/h6-19,34,36-37,41-42,44,46H,20-24H2,1-5H3,(H,43,47). The fourth-order valence-electron chi connectivity index (χ4n) is 7.72. The fraction of sp³-hybridized carbons (Fsp3) is 0.375. The molecule has 7 rings (SSSR count). The van der Waals surface area contributed by atoms with Crippen molar-refractivity contribution in [3.63, 3.8) is 0 Å². The van der Waals surface area contributed by atoms with Crippen LogP contribution in [-0.4, -0.2) is 42.9 Å². The molecule has 5 aromatic rings. The molecule has 48 heavy (non-hydrogen) atoms. The highest BCUT2D eigenvalue weighted by atomic mass is 16.6.